The van der Waals surface area contributed by atoms with Crippen LogP contribution in [0.2, 0.25) is 0 Å². The summed E-state index contributed by atoms with van der Waals surface area (Å²) in [6, 6.07) is 5.87. The van der Waals surface area contributed by atoms with Gasteiger partial charge in [0.25, 0.3) is 0 Å². The van der Waals surface area contributed by atoms with Gasteiger partial charge in [-0.1, -0.05) is 44.3 Å². The first-order valence-corrected chi connectivity index (χ1v) is 5.92. The molecule has 0 aliphatic heterocycles. The van der Waals surface area contributed by atoms with Gasteiger partial charge in [-0.15, -0.1) is 0 Å². The van der Waals surface area contributed by atoms with E-state index < -0.39 is 0 Å². The molecule has 1 heterocycles. The molecule has 0 fully saturated rings. The number of hydrogen-bond acceptors (Lipinski definition) is 2. The number of thiocarbonyl (C=S) groups is 1. The maximum Gasteiger partial charge on any atom is 0.0816 e. The first-order chi connectivity index (χ1) is 7.68. The first-order valence-electron chi connectivity index (χ1n) is 5.51. The molecule has 0 saturated carbocycles. The Balaban J connectivity index is 2.27. The summed E-state index contributed by atoms with van der Waals surface area (Å²) < 4.78 is 0. The SMILES string of the molecule is CC(C)/C=C/CNC(=S)Cc1ccccn1. The fraction of sp³-hybridized carbons (Fsp3) is 0.385. The fourth-order valence-corrected chi connectivity index (χ4v) is 1.47. The fourth-order valence-electron chi connectivity index (χ4n) is 1.24. The quantitative estimate of drug-likeness (QED) is 0.626. The molecule has 1 N–H and O–H groups in total. The highest BCUT2D eigenvalue weighted by atomic mass is 32.1. The zero-order valence-electron chi connectivity index (χ0n) is 9.81. The van der Waals surface area contributed by atoms with Gasteiger partial charge in [0.05, 0.1) is 4.99 Å². The Bertz CT molecular complexity index is 344. The third-order valence-electron chi connectivity index (χ3n) is 2.01. The van der Waals surface area contributed by atoms with Gasteiger partial charge in [0.2, 0.25) is 0 Å². The van der Waals surface area contributed by atoms with Gasteiger partial charge in [-0.2, -0.15) is 0 Å². The molecule has 0 bridgehead atoms. The largest absolute Gasteiger partial charge is 0.376 e. The maximum atomic E-state index is 5.23. The van der Waals surface area contributed by atoms with Crippen LogP contribution in [0.15, 0.2) is 36.5 Å². The first kappa shape index (κ1) is 12.8. The minimum Gasteiger partial charge on any atom is -0.376 e. The van der Waals surface area contributed by atoms with Crippen molar-refractivity contribution in [1.29, 1.82) is 0 Å². The van der Waals surface area contributed by atoms with Crippen molar-refractivity contribution in [3.05, 3.63) is 42.2 Å². The predicted molar refractivity (Wildman–Crippen MR) is 72.5 cm³/mol. The van der Waals surface area contributed by atoms with Crippen LogP contribution in [-0.4, -0.2) is 16.5 Å². The van der Waals surface area contributed by atoms with Crippen LogP contribution in [0.4, 0.5) is 0 Å². The van der Waals surface area contributed by atoms with Crippen LogP contribution in [0, 0.1) is 5.92 Å². The summed E-state index contributed by atoms with van der Waals surface area (Å²) in [5.41, 5.74) is 1.01. The number of allylic oxidation sites excluding steroid dienone is 1. The molecule has 0 spiro atoms. The van der Waals surface area contributed by atoms with Gasteiger partial charge in [-0.25, -0.2) is 0 Å². The van der Waals surface area contributed by atoms with E-state index in [1.807, 2.05) is 18.2 Å². The van der Waals surface area contributed by atoms with Gasteiger partial charge < -0.3 is 5.32 Å². The van der Waals surface area contributed by atoms with Crippen molar-refractivity contribution in [3.8, 4) is 0 Å². The lowest BCUT2D eigenvalue weighted by atomic mass is 10.2. The molecular formula is C13H18N2S. The molecule has 3 heteroatoms. The molecule has 0 aliphatic carbocycles. The second-order valence-corrected chi connectivity index (χ2v) is 4.47. The summed E-state index contributed by atoms with van der Waals surface area (Å²) in [5, 5.41) is 3.19. The van der Waals surface area contributed by atoms with E-state index >= 15 is 0 Å². The molecule has 16 heavy (non-hydrogen) atoms. The second-order valence-electron chi connectivity index (χ2n) is 3.97. The van der Waals surface area contributed by atoms with Crippen LogP contribution < -0.4 is 5.32 Å². The second kappa shape index (κ2) is 7.12. The van der Waals surface area contributed by atoms with Crippen LogP contribution in [0.25, 0.3) is 0 Å². The Kier molecular flexibility index (Phi) is 5.72. The average Bonchev–Trinajstić information content (AvgIpc) is 2.25. The lowest BCUT2D eigenvalue weighted by Gasteiger charge is -2.04. The minimum atomic E-state index is 0.589. The van der Waals surface area contributed by atoms with Crippen molar-refractivity contribution in [2.75, 3.05) is 6.54 Å². The van der Waals surface area contributed by atoms with Gasteiger partial charge in [0.15, 0.2) is 0 Å². The Morgan fingerprint density at radius 2 is 2.31 bits per heavy atom. The van der Waals surface area contributed by atoms with E-state index in [1.54, 1.807) is 6.20 Å². The molecule has 2 nitrogen and oxygen atoms in total. The molecule has 86 valence electrons. The lowest BCUT2D eigenvalue weighted by molar-refractivity contribution is 0.824. The van der Waals surface area contributed by atoms with Gasteiger partial charge in [0.1, 0.15) is 0 Å². The molecule has 0 radical (unpaired) electrons. The van der Waals surface area contributed by atoms with Gasteiger partial charge in [-0.3, -0.25) is 4.98 Å². The zero-order chi connectivity index (χ0) is 11.8. The molecule has 0 atom stereocenters. The average molecular weight is 234 g/mol. The van der Waals surface area contributed by atoms with Crippen molar-refractivity contribution in [2.24, 2.45) is 5.92 Å². The van der Waals surface area contributed by atoms with Gasteiger partial charge in [0, 0.05) is 24.9 Å². The Morgan fingerprint density at radius 3 is 2.94 bits per heavy atom. The molecule has 0 amide bonds. The van der Waals surface area contributed by atoms with Crippen molar-refractivity contribution >= 4 is 17.2 Å². The molecule has 0 unspecified atom stereocenters. The normalized spacial score (nSPS) is 10.9. The Hall–Kier alpha value is -1.22. The number of pyridine rings is 1. The zero-order valence-corrected chi connectivity index (χ0v) is 10.6. The highest BCUT2D eigenvalue weighted by Gasteiger charge is 1.97. The standard InChI is InChI=1S/C13H18N2S/c1-11(2)6-5-9-15-13(16)10-12-7-3-4-8-14-12/h3-8,11H,9-10H2,1-2H3,(H,15,16)/b6-5+. The van der Waals surface area contributed by atoms with Crippen LogP contribution in [0.1, 0.15) is 19.5 Å². The number of aromatic nitrogens is 1. The smallest absolute Gasteiger partial charge is 0.0816 e. The van der Waals surface area contributed by atoms with E-state index in [-0.39, 0.29) is 0 Å². The number of nitrogens with zero attached hydrogens (tertiary/aromatic N) is 1. The van der Waals surface area contributed by atoms with E-state index in [1.165, 1.54) is 0 Å². The number of rotatable bonds is 5. The minimum absolute atomic E-state index is 0.589. The van der Waals surface area contributed by atoms with E-state index in [2.05, 4.69) is 36.3 Å². The molecular weight excluding hydrogens is 216 g/mol. The summed E-state index contributed by atoms with van der Waals surface area (Å²) in [6.07, 6.45) is 6.77. The lowest BCUT2D eigenvalue weighted by Crippen LogP contribution is -2.23. The summed E-state index contributed by atoms with van der Waals surface area (Å²) in [4.78, 5) is 5.07. The van der Waals surface area contributed by atoms with E-state index in [0.717, 1.165) is 17.2 Å². The van der Waals surface area contributed by atoms with Gasteiger partial charge in [-0.05, 0) is 18.1 Å². The molecule has 1 aromatic rings. The number of hydrogen-bond donors (Lipinski definition) is 1. The molecule has 0 aromatic carbocycles. The summed E-state index contributed by atoms with van der Waals surface area (Å²) >= 11 is 5.23. The molecule has 1 rings (SSSR count). The van der Waals surface area contributed by atoms with Crippen LogP contribution in [-0.2, 0) is 6.42 Å². The third kappa shape index (κ3) is 5.61. The van der Waals surface area contributed by atoms with E-state index in [9.17, 15) is 0 Å². The highest BCUT2D eigenvalue weighted by molar-refractivity contribution is 7.80. The Labute approximate surface area is 103 Å². The maximum absolute atomic E-state index is 5.23. The van der Waals surface area contributed by atoms with Crippen LogP contribution in [0.5, 0.6) is 0 Å². The van der Waals surface area contributed by atoms with E-state index in [4.69, 9.17) is 12.2 Å². The Morgan fingerprint density at radius 1 is 1.50 bits per heavy atom. The van der Waals surface area contributed by atoms with Crippen molar-refractivity contribution in [2.45, 2.75) is 20.3 Å². The summed E-state index contributed by atoms with van der Waals surface area (Å²) in [7, 11) is 0. The van der Waals surface area contributed by atoms with Crippen LogP contribution >= 0.6 is 12.2 Å². The summed E-state index contributed by atoms with van der Waals surface area (Å²) in [6.45, 7) is 5.11. The molecule has 0 aliphatic rings. The summed E-state index contributed by atoms with van der Waals surface area (Å²) in [5.74, 6) is 0.589. The van der Waals surface area contributed by atoms with E-state index in [0.29, 0.717) is 12.3 Å². The number of nitrogens with one attached hydrogen (secondary N) is 1. The van der Waals surface area contributed by atoms with Crippen molar-refractivity contribution in [3.63, 3.8) is 0 Å². The topological polar surface area (TPSA) is 24.9 Å². The third-order valence-corrected chi connectivity index (χ3v) is 2.29. The van der Waals surface area contributed by atoms with Crippen molar-refractivity contribution in [1.82, 2.24) is 10.3 Å². The van der Waals surface area contributed by atoms with Crippen molar-refractivity contribution < 1.29 is 0 Å². The van der Waals surface area contributed by atoms with Crippen LogP contribution in [0.3, 0.4) is 0 Å². The predicted octanol–water partition coefficient (Wildman–Crippen LogP) is 2.75. The molecule has 0 saturated heterocycles. The molecule has 1 aromatic heterocycles. The van der Waals surface area contributed by atoms with Gasteiger partial charge >= 0.3 is 0 Å². The monoisotopic (exact) mass is 234 g/mol. The highest BCUT2D eigenvalue weighted by Crippen LogP contribution is 1.96.